The van der Waals surface area contributed by atoms with Gasteiger partial charge in [0.05, 0.1) is 30.6 Å². The number of methoxy groups -OCH3 is 1. The van der Waals surface area contributed by atoms with Crippen molar-refractivity contribution in [2.24, 2.45) is 0 Å². The van der Waals surface area contributed by atoms with Gasteiger partial charge in [-0.05, 0) is 69.3 Å². The molecule has 1 amide bonds. The van der Waals surface area contributed by atoms with Gasteiger partial charge in [0.1, 0.15) is 11.4 Å². The second-order valence-corrected chi connectivity index (χ2v) is 10.2. The zero-order chi connectivity index (χ0) is 27.6. The van der Waals surface area contributed by atoms with Crippen LogP contribution >= 0.6 is 0 Å². The van der Waals surface area contributed by atoms with Crippen LogP contribution in [0.15, 0.2) is 66.9 Å². The number of carboxylic acids is 1. The average molecular weight is 513 g/mol. The van der Waals surface area contributed by atoms with Gasteiger partial charge < -0.3 is 14.6 Å². The molecule has 0 radical (unpaired) electrons. The van der Waals surface area contributed by atoms with Gasteiger partial charge in [0.15, 0.2) is 0 Å². The van der Waals surface area contributed by atoms with Crippen LogP contribution in [0.3, 0.4) is 0 Å². The van der Waals surface area contributed by atoms with Gasteiger partial charge in [-0.15, -0.1) is 0 Å². The summed E-state index contributed by atoms with van der Waals surface area (Å²) in [6, 6.07) is 18.3. The fourth-order valence-electron chi connectivity index (χ4n) is 4.54. The number of hydrogen-bond donors (Lipinski definition) is 1. The molecule has 0 aliphatic carbocycles. The second-order valence-electron chi connectivity index (χ2n) is 10.2. The minimum absolute atomic E-state index is 0.130. The number of carbonyl (C=O) groups excluding carboxylic acids is 1. The van der Waals surface area contributed by atoms with Crippen LogP contribution in [-0.4, -0.2) is 34.9 Å². The van der Waals surface area contributed by atoms with Crippen molar-refractivity contribution in [3.05, 3.63) is 89.2 Å². The van der Waals surface area contributed by atoms with E-state index in [-0.39, 0.29) is 12.1 Å². The number of rotatable bonds is 6. The van der Waals surface area contributed by atoms with E-state index >= 15 is 0 Å². The molecule has 0 aliphatic heterocycles. The summed E-state index contributed by atoms with van der Waals surface area (Å²) in [6.45, 7) is 9.42. The number of anilines is 1. The third-order valence-electron chi connectivity index (χ3n) is 6.27. The monoisotopic (exact) mass is 512 g/mol. The first-order valence-corrected chi connectivity index (χ1v) is 12.3. The molecule has 3 aromatic carbocycles. The van der Waals surface area contributed by atoms with Gasteiger partial charge in [0.2, 0.25) is 0 Å². The number of carboxylic acid groups (broad SMARTS) is 1. The van der Waals surface area contributed by atoms with Crippen LogP contribution in [0.2, 0.25) is 0 Å². The van der Waals surface area contributed by atoms with Gasteiger partial charge in [-0.3, -0.25) is 9.88 Å². The van der Waals surface area contributed by atoms with Crippen molar-refractivity contribution in [1.82, 2.24) is 4.98 Å². The number of aryl methyl sites for hydroxylation is 1. The number of aromatic carboxylic acids is 1. The Bertz CT molecular complexity index is 1520. The van der Waals surface area contributed by atoms with E-state index in [0.29, 0.717) is 28.3 Å². The predicted octanol–water partition coefficient (Wildman–Crippen LogP) is 7.17. The highest BCUT2D eigenvalue weighted by Gasteiger charge is 2.27. The molecule has 0 saturated carbocycles. The number of benzene rings is 3. The highest BCUT2D eigenvalue weighted by Crippen LogP contribution is 2.37. The molecule has 0 aliphatic rings. The molecular formula is C31H32N2O5. The first kappa shape index (κ1) is 26.7. The lowest BCUT2D eigenvalue weighted by molar-refractivity contribution is 0.0576. The molecule has 4 rings (SSSR count). The zero-order valence-corrected chi connectivity index (χ0v) is 22.5. The van der Waals surface area contributed by atoms with Gasteiger partial charge in [0, 0.05) is 22.7 Å². The van der Waals surface area contributed by atoms with Crippen molar-refractivity contribution in [2.75, 3.05) is 12.0 Å². The minimum atomic E-state index is -1.02. The quantitative estimate of drug-likeness (QED) is 0.295. The summed E-state index contributed by atoms with van der Waals surface area (Å²) in [4.78, 5) is 31.9. The molecule has 0 bridgehead atoms. The Labute approximate surface area is 222 Å². The summed E-state index contributed by atoms with van der Waals surface area (Å²) in [5.74, 6) is -0.306. The van der Waals surface area contributed by atoms with Gasteiger partial charge >= 0.3 is 12.1 Å². The van der Waals surface area contributed by atoms with E-state index in [1.165, 1.54) is 0 Å². The van der Waals surface area contributed by atoms with Crippen molar-refractivity contribution < 1.29 is 24.2 Å². The lowest BCUT2D eigenvalue weighted by atomic mass is 9.95. The Kier molecular flexibility index (Phi) is 7.39. The Morgan fingerprint density at radius 1 is 1.00 bits per heavy atom. The van der Waals surface area contributed by atoms with Crippen molar-refractivity contribution in [3.63, 3.8) is 0 Å². The van der Waals surface area contributed by atoms with E-state index in [1.54, 1.807) is 42.5 Å². The van der Waals surface area contributed by atoms with Crippen molar-refractivity contribution in [1.29, 1.82) is 0 Å². The molecular weight excluding hydrogens is 480 g/mol. The molecule has 1 N–H and O–H groups in total. The van der Waals surface area contributed by atoms with E-state index in [0.717, 1.165) is 21.9 Å². The van der Waals surface area contributed by atoms with Gasteiger partial charge in [-0.25, -0.2) is 9.59 Å². The van der Waals surface area contributed by atoms with Crippen LogP contribution in [-0.2, 0) is 11.3 Å². The number of aromatic nitrogens is 1. The van der Waals surface area contributed by atoms with Crippen LogP contribution < -0.4 is 9.64 Å². The summed E-state index contributed by atoms with van der Waals surface area (Å²) in [6.07, 6.45) is 1.19. The van der Waals surface area contributed by atoms with Crippen LogP contribution in [0, 0.1) is 13.8 Å². The van der Waals surface area contributed by atoms with E-state index in [9.17, 15) is 14.7 Å². The fraction of sp³-hybridized carbons (Fsp3) is 0.258. The molecule has 1 heterocycles. The molecule has 4 aromatic rings. The van der Waals surface area contributed by atoms with E-state index < -0.39 is 17.7 Å². The molecule has 0 fully saturated rings. The summed E-state index contributed by atoms with van der Waals surface area (Å²) in [7, 11) is 1.61. The lowest BCUT2D eigenvalue weighted by Gasteiger charge is -2.29. The minimum Gasteiger partial charge on any atom is -0.496 e. The van der Waals surface area contributed by atoms with Crippen LogP contribution in [0.5, 0.6) is 5.75 Å². The van der Waals surface area contributed by atoms with Crippen molar-refractivity contribution in [3.8, 4) is 16.9 Å². The Balaban J connectivity index is 1.96. The third kappa shape index (κ3) is 5.47. The predicted molar refractivity (Wildman–Crippen MR) is 149 cm³/mol. The van der Waals surface area contributed by atoms with Gasteiger partial charge in [0.25, 0.3) is 0 Å². The molecule has 0 spiro atoms. The summed E-state index contributed by atoms with van der Waals surface area (Å²) in [5.41, 5.74) is 3.67. The average Bonchev–Trinajstić information content (AvgIpc) is 2.87. The smallest absolute Gasteiger partial charge is 0.415 e. The molecule has 196 valence electrons. The highest BCUT2D eigenvalue weighted by molar-refractivity contribution is 6.05. The zero-order valence-electron chi connectivity index (χ0n) is 22.5. The van der Waals surface area contributed by atoms with Gasteiger partial charge in [-0.2, -0.15) is 0 Å². The molecule has 1 aromatic heterocycles. The lowest BCUT2D eigenvalue weighted by Crippen LogP contribution is -2.37. The highest BCUT2D eigenvalue weighted by atomic mass is 16.6. The molecule has 0 atom stereocenters. The fourth-order valence-corrected chi connectivity index (χ4v) is 4.54. The van der Waals surface area contributed by atoms with Crippen LogP contribution in [0.25, 0.3) is 21.9 Å². The number of amides is 1. The van der Waals surface area contributed by atoms with Crippen LogP contribution in [0.4, 0.5) is 10.5 Å². The number of hydrogen-bond acceptors (Lipinski definition) is 5. The van der Waals surface area contributed by atoms with E-state index in [1.807, 2.05) is 71.0 Å². The standard InChI is InChI=1S/C31H32N2O5/c1-19-17-32-26(20(2)28(19)37-6)18-33(30(36)38-31(3,4)5)27-16-22(15-21-11-7-8-13-24(21)27)23-12-9-10-14-25(23)29(34)35/h7-17H,18H2,1-6H3,(H,34,35). The Hall–Kier alpha value is -4.39. The second kappa shape index (κ2) is 10.5. The maximum atomic E-state index is 13.7. The van der Waals surface area contributed by atoms with E-state index in [4.69, 9.17) is 9.47 Å². The SMILES string of the molecule is COc1c(C)cnc(CN(C(=O)OC(C)(C)C)c2cc(-c3ccccc3C(=O)O)cc3ccccc23)c1C. The number of fused-ring (bicyclic) bond motifs is 1. The summed E-state index contributed by atoms with van der Waals surface area (Å²) >= 11 is 0. The summed E-state index contributed by atoms with van der Waals surface area (Å²) < 4.78 is 11.4. The van der Waals surface area contributed by atoms with Crippen molar-refractivity contribution >= 4 is 28.5 Å². The number of carbonyl (C=O) groups is 2. The largest absolute Gasteiger partial charge is 0.496 e. The van der Waals surface area contributed by atoms with Gasteiger partial charge in [-0.1, -0.05) is 42.5 Å². The Morgan fingerprint density at radius 2 is 1.68 bits per heavy atom. The Morgan fingerprint density at radius 3 is 2.37 bits per heavy atom. The van der Waals surface area contributed by atoms with Crippen LogP contribution in [0.1, 0.15) is 48.0 Å². The molecule has 38 heavy (non-hydrogen) atoms. The maximum absolute atomic E-state index is 13.7. The third-order valence-corrected chi connectivity index (χ3v) is 6.27. The topological polar surface area (TPSA) is 89.0 Å². The van der Waals surface area contributed by atoms with Crippen molar-refractivity contribution in [2.45, 2.75) is 46.8 Å². The number of pyridine rings is 1. The molecule has 7 heteroatoms. The summed E-state index contributed by atoms with van der Waals surface area (Å²) in [5, 5.41) is 11.5. The first-order valence-electron chi connectivity index (χ1n) is 12.3. The van der Waals surface area contributed by atoms with E-state index in [2.05, 4.69) is 4.98 Å². The number of nitrogens with zero attached hydrogens (tertiary/aromatic N) is 2. The number of ether oxygens (including phenoxy) is 2. The first-order chi connectivity index (χ1) is 18.0. The normalized spacial score (nSPS) is 11.3. The maximum Gasteiger partial charge on any atom is 0.415 e. The molecule has 0 unspecified atom stereocenters. The molecule has 7 nitrogen and oxygen atoms in total. The molecule has 0 saturated heterocycles.